The van der Waals surface area contributed by atoms with Crippen LogP contribution in [0, 0.1) is 66.9 Å². The molecule has 0 radical (unpaired) electrons. The zero-order chi connectivity index (χ0) is 27.7. The van der Waals surface area contributed by atoms with Crippen LogP contribution >= 0.6 is 15.9 Å². The van der Waals surface area contributed by atoms with E-state index in [1.165, 1.54) is 6.07 Å². The second kappa shape index (κ2) is 12.7. The maximum atomic E-state index is 13.3. The first kappa shape index (κ1) is 31.3. The Morgan fingerprint density at radius 1 is 0.857 bits per heavy atom. The van der Waals surface area contributed by atoms with Crippen molar-refractivity contribution in [1.29, 1.82) is 0 Å². The molecule has 11 heteroatoms. The lowest BCUT2D eigenvalue weighted by molar-refractivity contribution is -0.385. The zero-order valence-corrected chi connectivity index (χ0v) is 21.8. The van der Waals surface area contributed by atoms with Crippen LogP contribution in [-0.2, 0) is 0 Å². The smallest absolute Gasteiger partial charge is 0.273 e. The van der Waals surface area contributed by atoms with Gasteiger partial charge in [-0.1, -0.05) is 11.8 Å². The van der Waals surface area contributed by atoms with Gasteiger partial charge in [0.25, 0.3) is 11.4 Å². The molecule has 188 valence electrons. The molecule has 0 unspecified atom stereocenters. The first-order valence-electron chi connectivity index (χ1n) is 9.92. The van der Waals surface area contributed by atoms with Gasteiger partial charge in [-0.3, -0.25) is 20.2 Å². The number of nitrogens with two attached hydrogens (primary N) is 2. The van der Waals surface area contributed by atoms with Crippen molar-refractivity contribution in [3.8, 4) is 24.2 Å². The van der Waals surface area contributed by atoms with Crippen LogP contribution in [0.3, 0.4) is 0 Å². The Balaban J connectivity index is 0.000000557. The van der Waals surface area contributed by atoms with Crippen molar-refractivity contribution in [2.45, 2.75) is 41.5 Å². The third kappa shape index (κ3) is 11.8. The van der Waals surface area contributed by atoms with E-state index in [0.717, 1.165) is 18.2 Å². The largest absolute Gasteiger partial charge is 0.395 e. The number of nitrogens with zero attached hydrogens (tertiary/aromatic N) is 2. The molecule has 0 saturated heterocycles. The minimum Gasteiger partial charge on any atom is -0.395 e. The first-order valence-corrected chi connectivity index (χ1v) is 10.7. The second-order valence-corrected chi connectivity index (χ2v) is 9.97. The number of anilines is 2. The molecule has 8 nitrogen and oxygen atoms in total. The molecular formula is C24H27BrF2N4O4. The summed E-state index contributed by atoms with van der Waals surface area (Å²) in [5.74, 6) is 6.51. The summed E-state index contributed by atoms with van der Waals surface area (Å²) < 4.78 is 26.3. The lowest BCUT2D eigenvalue weighted by atomic mass is 9.97. The Morgan fingerprint density at radius 3 is 1.60 bits per heavy atom. The predicted octanol–water partition coefficient (Wildman–Crippen LogP) is 6.46. The summed E-state index contributed by atoms with van der Waals surface area (Å²) in [6.07, 6.45) is 5.06. The van der Waals surface area contributed by atoms with E-state index in [2.05, 4.69) is 33.7 Å². The highest BCUT2D eigenvalue weighted by molar-refractivity contribution is 9.10. The van der Waals surface area contributed by atoms with Crippen LogP contribution in [0.25, 0.3) is 0 Å². The fraction of sp³-hybridized carbons (Fsp3) is 0.333. The molecule has 0 aromatic heterocycles. The van der Waals surface area contributed by atoms with Gasteiger partial charge >= 0.3 is 0 Å². The van der Waals surface area contributed by atoms with Gasteiger partial charge in [0.15, 0.2) is 11.6 Å². The first-order chi connectivity index (χ1) is 15.8. The molecule has 0 amide bonds. The normalized spacial score (nSPS) is 10.3. The molecule has 0 spiro atoms. The highest BCUT2D eigenvalue weighted by Gasteiger charge is 2.14. The number of nitro benzene ring substituents is 2. The van der Waals surface area contributed by atoms with Gasteiger partial charge in [-0.2, -0.15) is 0 Å². The van der Waals surface area contributed by atoms with Crippen LogP contribution in [0.2, 0.25) is 0 Å². The number of benzene rings is 2. The van der Waals surface area contributed by atoms with E-state index in [1.807, 2.05) is 41.5 Å². The quantitative estimate of drug-likeness (QED) is 0.190. The molecule has 0 aliphatic heterocycles. The zero-order valence-electron chi connectivity index (χ0n) is 20.2. The summed E-state index contributed by atoms with van der Waals surface area (Å²) in [7, 11) is 0. The molecule has 0 saturated carbocycles. The Labute approximate surface area is 211 Å². The number of hydrogen-bond acceptors (Lipinski definition) is 6. The van der Waals surface area contributed by atoms with Crippen molar-refractivity contribution in [3.05, 3.63) is 66.2 Å². The lowest BCUT2D eigenvalue weighted by Gasteiger charge is -2.07. The molecular weight excluding hydrogens is 526 g/mol. The summed E-state index contributed by atoms with van der Waals surface area (Å²) in [5.41, 5.74) is 9.66. The average Bonchev–Trinajstić information content (AvgIpc) is 2.72. The standard InChI is InChI=1S/C12H13FN2O2.C6H4BrFN2O2.C6H10/c1-12(2,3)5-4-8-6-9(15(16)17)7-10(13)11(8)14;7-4-1-3(10(11)12)2-5(8)6(4)9;1-5-6(2,3)4/h6-7H,14H2,1-3H3;1-2H,9H2;1H,2-4H3. The molecule has 0 atom stereocenters. The van der Waals surface area contributed by atoms with Gasteiger partial charge in [0.1, 0.15) is 0 Å². The molecule has 0 bridgehead atoms. The molecule has 2 rings (SSSR count). The number of non-ortho nitro benzene ring substituents is 2. The predicted molar refractivity (Wildman–Crippen MR) is 137 cm³/mol. The Hall–Kier alpha value is -3.70. The Morgan fingerprint density at radius 2 is 1.26 bits per heavy atom. The van der Waals surface area contributed by atoms with Gasteiger partial charge in [0.05, 0.1) is 43.4 Å². The summed E-state index contributed by atoms with van der Waals surface area (Å²) >= 11 is 2.90. The van der Waals surface area contributed by atoms with E-state index in [4.69, 9.17) is 17.9 Å². The maximum absolute atomic E-state index is 13.3. The Bertz CT molecular complexity index is 1180. The van der Waals surface area contributed by atoms with Crippen LogP contribution in [0.1, 0.15) is 47.1 Å². The van der Waals surface area contributed by atoms with Gasteiger partial charge < -0.3 is 11.5 Å². The molecule has 4 N–H and O–H groups in total. The fourth-order valence-electron chi connectivity index (χ4n) is 1.74. The van der Waals surface area contributed by atoms with Crippen molar-refractivity contribution in [2.75, 3.05) is 11.5 Å². The number of terminal acetylenes is 1. The maximum Gasteiger partial charge on any atom is 0.273 e. The highest BCUT2D eigenvalue weighted by atomic mass is 79.9. The van der Waals surface area contributed by atoms with Crippen molar-refractivity contribution in [3.63, 3.8) is 0 Å². The second-order valence-electron chi connectivity index (χ2n) is 9.12. The number of nitrogen functional groups attached to an aromatic ring is 2. The van der Waals surface area contributed by atoms with Crippen LogP contribution in [0.5, 0.6) is 0 Å². The van der Waals surface area contributed by atoms with Gasteiger partial charge in [0, 0.05) is 23.0 Å². The summed E-state index contributed by atoms with van der Waals surface area (Å²) in [4.78, 5) is 19.4. The van der Waals surface area contributed by atoms with Crippen molar-refractivity contribution >= 4 is 38.7 Å². The van der Waals surface area contributed by atoms with Crippen molar-refractivity contribution in [1.82, 2.24) is 0 Å². The van der Waals surface area contributed by atoms with Crippen molar-refractivity contribution < 1.29 is 18.6 Å². The number of halogens is 3. The third-order valence-electron chi connectivity index (χ3n) is 3.60. The SMILES string of the molecule is C#CC(C)(C)C.CC(C)(C)C#Cc1cc([N+](=O)[O-])cc(F)c1N.Nc1c(F)cc([N+](=O)[O-])cc1Br. The Kier molecular flexibility index (Phi) is 11.3. The molecule has 2 aromatic rings. The molecule has 2 aromatic carbocycles. The molecule has 0 heterocycles. The van der Waals surface area contributed by atoms with Gasteiger partial charge in [-0.05, 0) is 57.5 Å². The van der Waals surface area contributed by atoms with E-state index < -0.39 is 21.5 Å². The van der Waals surface area contributed by atoms with E-state index in [9.17, 15) is 29.0 Å². The number of rotatable bonds is 2. The topological polar surface area (TPSA) is 138 Å². The van der Waals surface area contributed by atoms with Crippen LogP contribution in [0.15, 0.2) is 28.7 Å². The monoisotopic (exact) mass is 552 g/mol. The minimum atomic E-state index is -0.822. The van der Waals surface area contributed by atoms with Crippen LogP contribution in [-0.4, -0.2) is 9.85 Å². The molecule has 35 heavy (non-hydrogen) atoms. The fourth-order valence-corrected chi connectivity index (χ4v) is 2.17. The minimum absolute atomic E-state index is 0.0694. The number of nitro groups is 2. The van der Waals surface area contributed by atoms with E-state index in [1.54, 1.807) is 0 Å². The summed E-state index contributed by atoms with van der Waals surface area (Å²) in [5, 5.41) is 20.8. The molecule has 0 fully saturated rings. The van der Waals surface area contributed by atoms with Gasteiger partial charge in [-0.25, -0.2) is 8.78 Å². The van der Waals surface area contributed by atoms with Crippen LogP contribution in [0.4, 0.5) is 31.5 Å². The van der Waals surface area contributed by atoms with Crippen LogP contribution < -0.4 is 11.5 Å². The van der Waals surface area contributed by atoms with E-state index >= 15 is 0 Å². The molecule has 0 aliphatic carbocycles. The highest BCUT2D eigenvalue weighted by Crippen LogP contribution is 2.27. The third-order valence-corrected chi connectivity index (χ3v) is 4.26. The molecule has 0 aliphatic rings. The van der Waals surface area contributed by atoms with Gasteiger partial charge in [-0.15, -0.1) is 12.3 Å². The van der Waals surface area contributed by atoms with Crippen molar-refractivity contribution in [2.24, 2.45) is 10.8 Å². The van der Waals surface area contributed by atoms with E-state index in [-0.39, 0.29) is 43.6 Å². The summed E-state index contributed by atoms with van der Waals surface area (Å²) in [6, 6.07) is 3.90. The van der Waals surface area contributed by atoms with E-state index in [0.29, 0.717) is 0 Å². The average molecular weight is 553 g/mol. The lowest BCUT2D eigenvalue weighted by Crippen LogP contribution is -2.01. The summed E-state index contributed by atoms with van der Waals surface area (Å²) in [6.45, 7) is 11.7. The number of hydrogen-bond donors (Lipinski definition) is 2. The van der Waals surface area contributed by atoms with Gasteiger partial charge in [0.2, 0.25) is 0 Å².